The summed E-state index contributed by atoms with van der Waals surface area (Å²) in [4.78, 5) is 12.4. The van der Waals surface area contributed by atoms with Crippen LogP contribution in [0.2, 0.25) is 0 Å². The fourth-order valence-corrected chi connectivity index (χ4v) is 2.50. The molecule has 1 aliphatic rings. The number of hydrazine groups is 1. The number of rotatable bonds is 0. The monoisotopic (exact) mass is 207 g/mol. The van der Waals surface area contributed by atoms with Gasteiger partial charge in [-0.1, -0.05) is 0 Å². The Balaban J connectivity index is 2.60. The van der Waals surface area contributed by atoms with Gasteiger partial charge in [0.25, 0.3) is 0 Å². The van der Waals surface area contributed by atoms with Crippen LogP contribution >= 0.6 is 0 Å². The number of hydrogen-bond donors (Lipinski definition) is 2. The number of urea groups is 1. The first kappa shape index (κ1) is 10.3. The Labute approximate surface area is 77.0 Å². The summed E-state index contributed by atoms with van der Waals surface area (Å²) in [6.07, 6.45) is 0.482. The molecular formula is C6H13N3O3S. The number of nitrogens with two attached hydrogens (primary N) is 1. The molecule has 1 fully saturated rings. The lowest BCUT2D eigenvalue weighted by atomic mass is 10.4. The van der Waals surface area contributed by atoms with Gasteiger partial charge >= 0.3 is 6.03 Å². The summed E-state index contributed by atoms with van der Waals surface area (Å²) in [5, 5.41) is 0. The van der Waals surface area contributed by atoms with E-state index in [1.54, 1.807) is 0 Å². The molecule has 0 bridgehead atoms. The van der Waals surface area contributed by atoms with Gasteiger partial charge in [-0.15, -0.1) is 0 Å². The highest BCUT2D eigenvalue weighted by Crippen LogP contribution is 2.04. The van der Waals surface area contributed by atoms with Crippen molar-refractivity contribution in [2.24, 2.45) is 5.84 Å². The molecule has 0 spiro atoms. The summed E-state index contributed by atoms with van der Waals surface area (Å²) >= 11 is 0. The molecule has 0 atom stereocenters. The van der Waals surface area contributed by atoms with Gasteiger partial charge in [-0.3, -0.25) is 5.43 Å². The Morgan fingerprint density at radius 3 is 2.62 bits per heavy atom. The topological polar surface area (TPSA) is 92.5 Å². The van der Waals surface area contributed by atoms with Crippen LogP contribution in [-0.2, 0) is 9.84 Å². The Kier molecular flexibility index (Phi) is 3.10. The molecule has 76 valence electrons. The van der Waals surface area contributed by atoms with E-state index in [0.717, 1.165) is 0 Å². The van der Waals surface area contributed by atoms with Crippen LogP contribution in [0.3, 0.4) is 0 Å². The first-order valence-electron chi connectivity index (χ1n) is 4.01. The molecule has 1 aliphatic heterocycles. The van der Waals surface area contributed by atoms with Crippen molar-refractivity contribution in [2.45, 2.75) is 6.42 Å². The molecule has 0 aromatic rings. The molecule has 13 heavy (non-hydrogen) atoms. The van der Waals surface area contributed by atoms with E-state index in [-0.39, 0.29) is 18.1 Å². The smallest absolute Gasteiger partial charge is 0.323 e. The predicted molar refractivity (Wildman–Crippen MR) is 47.6 cm³/mol. The third-order valence-corrected chi connectivity index (χ3v) is 3.68. The van der Waals surface area contributed by atoms with Crippen LogP contribution < -0.4 is 11.3 Å². The van der Waals surface area contributed by atoms with Gasteiger partial charge in [0.2, 0.25) is 0 Å². The lowest BCUT2D eigenvalue weighted by Gasteiger charge is -2.18. The number of carbonyl (C=O) groups is 1. The summed E-state index contributed by atoms with van der Waals surface area (Å²) in [6, 6.07) is -0.419. The predicted octanol–water partition coefficient (Wildman–Crippen LogP) is -1.31. The molecule has 0 unspecified atom stereocenters. The van der Waals surface area contributed by atoms with Crippen molar-refractivity contribution in [1.29, 1.82) is 0 Å². The zero-order chi connectivity index (χ0) is 9.90. The normalized spacial score (nSPS) is 22.1. The zero-order valence-electron chi connectivity index (χ0n) is 7.19. The Hall–Kier alpha value is -0.820. The number of sulfone groups is 1. The zero-order valence-corrected chi connectivity index (χ0v) is 8.01. The number of amides is 2. The third kappa shape index (κ3) is 2.85. The summed E-state index contributed by atoms with van der Waals surface area (Å²) in [5.41, 5.74) is 1.98. The maximum Gasteiger partial charge on any atom is 0.331 e. The average molecular weight is 207 g/mol. The lowest BCUT2D eigenvalue weighted by Crippen LogP contribution is -2.44. The van der Waals surface area contributed by atoms with Crippen LogP contribution in [0.4, 0.5) is 4.79 Å². The van der Waals surface area contributed by atoms with Crippen molar-refractivity contribution in [2.75, 3.05) is 24.6 Å². The molecule has 3 N–H and O–H groups in total. The van der Waals surface area contributed by atoms with E-state index < -0.39 is 15.9 Å². The maximum atomic E-state index is 11.1. The van der Waals surface area contributed by atoms with E-state index in [1.165, 1.54) is 4.90 Å². The van der Waals surface area contributed by atoms with E-state index in [1.807, 2.05) is 5.43 Å². The maximum absolute atomic E-state index is 11.1. The minimum Gasteiger partial charge on any atom is -0.323 e. The Bertz CT molecular complexity index is 287. The van der Waals surface area contributed by atoms with E-state index >= 15 is 0 Å². The first-order valence-corrected chi connectivity index (χ1v) is 5.83. The molecular weight excluding hydrogens is 194 g/mol. The Morgan fingerprint density at radius 1 is 1.31 bits per heavy atom. The molecule has 1 rings (SSSR count). The van der Waals surface area contributed by atoms with Crippen molar-refractivity contribution in [1.82, 2.24) is 10.3 Å². The molecule has 2 amide bonds. The standard InChI is InChI=1S/C6H13N3O3S/c7-8-6(10)9-2-1-4-13(11,12)5-3-9/h1-5,7H2,(H,8,10). The fraction of sp³-hybridized carbons (Fsp3) is 0.833. The highest BCUT2D eigenvalue weighted by Gasteiger charge is 2.21. The van der Waals surface area contributed by atoms with Gasteiger partial charge in [0.1, 0.15) is 0 Å². The van der Waals surface area contributed by atoms with Gasteiger partial charge in [0.15, 0.2) is 9.84 Å². The second kappa shape index (κ2) is 3.93. The van der Waals surface area contributed by atoms with Gasteiger partial charge < -0.3 is 4.90 Å². The molecule has 0 aliphatic carbocycles. The van der Waals surface area contributed by atoms with Crippen molar-refractivity contribution < 1.29 is 13.2 Å². The summed E-state index contributed by atoms with van der Waals surface area (Å²) in [6.45, 7) is 0.674. The van der Waals surface area contributed by atoms with Crippen molar-refractivity contribution in [3.63, 3.8) is 0 Å². The highest BCUT2D eigenvalue weighted by molar-refractivity contribution is 7.91. The molecule has 0 radical (unpaired) electrons. The molecule has 6 nitrogen and oxygen atoms in total. The summed E-state index contributed by atoms with van der Waals surface area (Å²) < 4.78 is 22.3. The third-order valence-electron chi connectivity index (χ3n) is 1.97. The van der Waals surface area contributed by atoms with Crippen LogP contribution in [0.15, 0.2) is 0 Å². The SMILES string of the molecule is NNC(=O)N1CCCS(=O)(=O)CC1. The van der Waals surface area contributed by atoms with E-state index in [9.17, 15) is 13.2 Å². The second-order valence-corrected chi connectivity index (χ2v) is 5.25. The van der Waals surface area contributed by atoms with Gasteiger partial charge in [-0.25, -0.2) is 19.1 Å². The molecule has 0 aromatic heterocycles. The largest absolute Gasteiger partial charge is 0.331 e. The minimum absolute atomic E-state index is 0.0282. The van der Waals surface area contributed by atoms with Crippen molar-refractivity contribution >= 4 is 15.9 Å². The van der Waals surface area contributed by atoms with E-state index in [2.05, 4.69) is 0 Å². The van der Waals surface area contributed by atoms with Gasteiger partial charge in [0, 0.05) is 13.1 Å². The van der Waals surface area contributed by atoms with Crippen LogP contribution in [0, 0.1) is 0 Å². The lowest BCUT2D eigenvalue weighted by molar-refractivity contribution is 0.202. The van der Waals surface area contributed by atoms with Crippen LogP contribution in [0.1, 0.15) is 6.42 Å². The fourth-order valence-electron chi connectivity index (χ4n) is 1.23. The van der Waals surface area contributed by atoms with Gasteiger partial charge in [0.05, 0.1) is 11.5 Å². The quantitative estimate of drug-likeness (QED) is 0.293. The molecule has 7 heteroatoms. The van der Waals surface area contributed by atoms with Crippen LogP contribution in [0.5, 0.6) is 0 Å². The highest BCUT2D eigenvalue weighted by atomic mass is 32.2. The number of carbonyl (C=O) groups excluding carboxylic acids is 1. The number of hydrogen-bond acceptors (Lipinski definition) is 4. The molecule has 0 aromatic carbocycles. The van der Waals surface area contributed by atoms with Crippen LogP contribution in [0.25, 0.3) is 0 Å². The van der Waals surface area contributed by atoms with Gasteiger partial charge in [-0.2, -0.15) is 0 Å². The van der Waals surface area contributed by atoms with Gasteiger partial charge in [-0.05, 0) is 6.42 Å². The molecule has 1 heterocycles. The van der Waals surface area contributed by atoms with E-state index in [4.69, 9.17) is 5.84 Å². The second-order valence-electron chi connectivity index (χ2n) is 2.94. The van der Waals surface area contributed by atoms with E-state index in [0.29, 0.717) is 13.0 Å². The molecule has 1 saturated heterocycles. The van der Waals surface area contributed by atoms with Crippen molar-refractivity contribution in [3.8, 4) is 0 Å². The Morgan fingerprint density at radius 2 is 2.00 bits per heavy atom. The van der Waals surface area contributed by atoms with Crippen LogP contribution in [-0.4, -0.2) is 43.9 Å². The minimum atomic E-state index is -2.96. The summed E-state index contributed by atoms with van der Waals surface area (Å²) in [7, 11) is -2.96. The summed E-state index contributed by atoms with van der Waals surface area (Å²) in [5.74, 6) is 5.11. The molecule has 0 saturated carbocycles. The average Bonchev–Trinajstić information content (AvgIpc) is 2.25. The number of nitrogens with zero attached hydrogens (tertiary/aromatic N) is 1. The van der Waals surface area contributed by atoms with Crippen molar-refractivity contribution in [3.05, 3.63) is 0 Å². The first-order chi connectivity index (χ1) is 6.05. The number of nitrogens with one attached hydrogen (secondary N) is 1.